The zero-order valence-corrected chi connectivity index (χ0v) is 13.6. The van der Waals surface area contributed by atoms with Crippen LogP contribution in [0.3, 0.4) is 0 Å². The molecule has 0 heterocycles. The van der Waals surface area contributed by atoms with Crippen molar-refractivity contribution in [1.29, 1.82) is 0 Å². The molecule has 4 heteroatoms. The van der Waals surface area contributed by atoms with Gasteiger partial charge in [-0.15, -0.1) is 11.8 Å². The van der Waals surface area contributed by atoms with Gasteiger partial charge in [0.1, 0.15) is 0 Å². The van der Waals surface area contributed by atoms with Crippen LogP contribution in [0.25, 0.3) is 0 Å². The average molecular weight is 332 g/mol. The molecular formula is C14H22BrNOS. The van der Waals surface area contributed by atoms with Crippen LogP contribution >= 0.6 is 27.7 Å². The molecule has 2 nitrogen and oxygen atoms in total. The number of halogens is 1. The molecule has 0 aromatic heterocycles. The van der Waals surface area contributed by atoms with Crippen molar-refractivity contribution >= 4 is 27.7 Å². The largest absolute Gasteiger partial charge is 0.395 e. The molecule has 1 rings (SSSR count). The van der Waals surface area contributed by atoms with Crippen molar-refractivity contribution in [1.82, 2.24) is 5.32 Å². The minimum absolute atomic E-state index is 0.207. The molecule has 0 saturated heterocycles. The maximum atomic E-state index is 9.06. The van der Waals surface area contributed by atoms with Crippen molar-refractivity contribution in [2.45, 2.75) is 43.4 Å². The minimum Gasteiger partial charge on any atom is -0.395 e. The molecule has 1 aromatic rings. The molecule has 2 unspecified atom stereocenters. The molecule has 0 aliphatic heterocycles. The second-order valence-electron chi connectivity index (χ2n) is 4.47. The predicted molar refractivity (Wildman–Crippen MR) is 83.3 cm³/mol. The van der Waals surface area contributed by atoms with Gasteiger partial charge >= 0.3 is 0 Å². The van der Waals surface area contributed by atoms with Crippen LogP contribution in [0.1, 0.15) is 38.8 Å². The highest BCUT2D eigenvalue weighted by atomic mass is 79.9. The summed E-state index contributed by atoms with van der Waals surface area (Å²) in [5, 5.41) is 12.8. The lowest BCUT2D eigenvalue weighted by molar-refractivity contribution is 0.300. The fraction of sp³-hybridized carbons (Fsp3) is 0.571. The van der Waals surface area contributed by atoms with Gasteiger partial charge in [-0.25, -0.2) is 0 Å². The number of nitrogens with one attached hydrogen (secondary N) is 1. The SMILES string of the molecule is CCCNC(C)c1ccc(SC(C)CO)cc1Br. The molecule has 0 radical (unpaired) electrons. The van der Waals surface area contributed by atoms with Crippen LogP contribution < -0.4 is 5.32 Å². The summed E-state index contributed by atoms with van der Waals surface area (Å²) in [4.78, 5) is 1.19. The van der Waals surface area contributed by atoms with Crippen LogP contribution in [0.2, 0.25) is 0 Å². The topological polar surface area (TPSA) is 32.3 Å². The number of hydrogen-bond acceptors (Lipinski definition) is 3. The molecule has 0 aliphatic carbocycles. The molecular weight excluding hydrogens is 310 g/mol. The number of aliphatic hydroxyl groups is 1. The van der Waals surface area contributed by atoms with Gasteiger partial charge in [-0.2, -0.15) is 0 Å². The Morgan fingerprint density at radius 3 is 2.67 bits per heavy atom. The molecule has 18 heavy (non-hydrogen) atoms. The van der Waals surface area contributed by atoms with Crippen LogP contribution in [0.15, 0.2) is 27.6 Å². The van der Waals surface area contributed by atoms with E-state index in [1.807, 2.05) is 6.92 Å². The van der Waals surface area contributed by atoms with E-state index in [1.165, 1.54) is 10.5 Å². The summed E-state index contributed by atoms with van der Waals surface area (Å²) in [6.07, 6.45) is 1.14. The summed E-state index contributed by atoms with van der Waals surface area (Å²) in [6.45, 7) is 7.62. The fourth-order valence-corrected chi connectivity index (χ4v) is 3.42. The van der Waals surface area contributed by atoms with Crippen molar-refractivity contribution in [3.63, 3.8) is 0 Å². The summed E-state index contributed by atoms with van der Waals surface area (Å²) in [7, 11) is 0. The van der Waals surface area contributed by atoms with Gasteiger partial charge in [0, 0.05) is 20.7 Å². The van der Waals surface area contributed by atoms with Crippen LogP contribution in [0, 0.1) is 0 Å². The van der Waals surface area contributed by atoms with Crippen molar-refractivity contribution in [3.05, 3.63) is 28.2 Å². The molecule has 0 aliphatic rings. The van der Waals surface area contributed by atoms with E-state index in [2.05, 4.69) is 53.3 Å². The zero-order valence-electron chi connectivity index (χ0n) is 11.2. The minimum atomic E-state index is 0.207. The number of aliphatic hydroxyl groups excluding tert-OH is 1. The van der Waals surface area contributed by atoms with Gasteiger partial charge in [0.15, 0.2) is 0 Å². The quantitative estimate of drug-likeness (QED) is 0.741. The summed E-state index contributed by atoms with van der Waals surface area (Å²) in [5.74, 6) is 0. The highest BCUT2D eigenvalue weighted by molar-refractivity contribution is 9.10. The Bertz CT molecular complexity index is 373. The van der Waals surface area contributed by atoms with E-state index in [0.717, 1.165) is 17.4 Å². The van der Waals surface area contributed by atoms with Gasteiger partial charge in [-0.1, -0.05) is 35.8 Å². The van der Waals surface area contributed by atoms with Crippen molar-refractivity contribution in [2.24, 2.45) is 0 Å². The number of hydrogen-bond donors (Lipinski definition) is 2. The summed E-state index contributed by atoms with van der Waals surface area (Å²) in [6, 6.07) is 6.77. The van der Waals surface area contributed by atoms with Crippen molar-refractivity contribution in [2.75, 3.05) is 13.2 Å². The molecule has 0 fully saturated rings. The lowest BCUT2D eigenvalue weighted by atomic mass is 10.1. The van der Waals surface area contributed by atoms with E-state index < -0.39 is 0 Å². The van der Waals surface area contributed by atoms with Gasteiger partial charge in [-0.05, 0) is 37.6 Å². The normalized spacial score (nSPS) is 14.5. The monoisotopic (exact) mass is 331 g/mol. The van der Waals surface area contributed by atoms with Crippen LogP contribution in [0.4, 0.5) is 0 Å². The van der Waals surface area contributed by atoms with Gasteiger partial charge in [-0.3, -0.25) is 0 Å². The average Bonchev–Trinajstić information content (AvgIpc) is 2.36. The van der Waals surface area contributed by atoms with E-state index in [9.17, 15) is 0 Å². The second kappa shape index (κ2) is 8.20. The Kier molecular flexibility index (Phi) is 7.30. The molecule has 2 atom stereocenters. The van der Waals surface area contributed by atoms with Crippen LogP contribution in [0.5, 0.6) is 0 Å². The lowest BCUT2D eigenvalue weighted by Gasteiger charge is -2.16. The molecule has 0 amide bonds. The first-order chi connectivity index (χ1) is 8.58. The summed E-state index contributed by atoms with van der Waals surface area (Å²) in [5.41, 5.74) is 1.28. The molecule has 0 saturated carbocycles. The Labute approximate surface area is 123 Å². The van der Waals surface area contributed by atoms with E-state index in [-0.39, 0.29) is 11.9 Å². The van der Waals surface area contributed by atoms with Crippen LogP contribution in [-0.2, 0) is 0 Å². The second-order valence-corrected chi connectivity index (χ2v) is 6.84. The first-order valence-corrected chi connectivity index (χ1v) is 8.06. The molecule has 0 spiro atoms. The molecule has 1 aromatic carbocycles. The van der Waals surface area contributed by atoms with Crippen molar-refractivity contribution in [3.8, 4) is 0 Å². The highest BCUT2D eigenvalue weighted by Gasteiger charge is 2.10. The van der Waals surface area contributed by atoms with E-state index in [1.54, 1.807) is 11.8 Å². The Hall–Kier alpha value is -0.0300. The number of benzene rings is 1. The molecule has 2 N–H and O–H groups in total. The smallest absolute Gasteiger partial charge is 0.0550 e. The first kappa shape index (κ1) is 16.0. The Morgan fingerprint density at radius 2 is 2.11 bits per heavy atom. The van der Waals surface area contributed by atoms with Gasteiger partial charge in [0.2, 0.25) is 0 Å². The van der Waals surface area contributed by atoms with Crippen molar-refractivity contribution < 1.29 is 5.11 Å². The Morgan fingerprint density at radius 1 is 1.39 bits per heavy atom. The van der Waals surface area contributed by atoms with Gasteiger partial charge in [0.25, 0.3) is 0 Å². The van der Waals surface area contributed by atoms with Gasteiger partial charge in [0.05, 0.1) is 6.61 Å². The van der Waals surface area contributed by atoms with E-state index >= 15 is 0 Å². The highest BCUT2D eigenvalue weighted by Crippen LogP contribution is 2.30. The lowest BCUT2D eigenvalue weighted by Crippen LogP contribution is -2.19. The maximum absolute atomic E-state index is 9.06. The summed E-state index contributed by atoms with van der Waals surface area (Å²) < 4.78 is 1.13. The zero-order chi connectivity index (χ0) is 13.5. The Balaban J connectivity index is 2.72. The number of thioether (sulfide) groups is 1. The fourth-order valence-electron chi connectivity index (χ4n) is 1.67. The first-order valence-electron chi connectivity index (χ1n) is 6.38. The van der Waals surface area contributed by atoms with Crippen LogP contribution in [-0.4, -0.2) is 23.5 Å². The standard InChI is InChI=1S/C14H22BrNOS/c1-4-7-16-11(3)13-6-5-12(8-14(13)15)18-10(2)9-17/h5-6,8,10-11,16-17H,4,7,9H2,1-3H3. The van der Waals surface area contributed by atoms with E-state index in [4.69, 9.17) is 5.11 Å². The third kappa shape index (κ3) is 4.92. The van der Waals surface area contributed by atoms with E-state index in [0.29, 0.717) is 6.04 Å². The third-order valence-electron chi connectivity index (χ3n) is 2.73. The molecule has 102 valence electrons. The van der Waals surface area contributed by atoms with Gasteiger partial charge < -0.3 is 10.4 Å². The third-order valence-corrected chi connectivity index (χ3v) is 4.50. The number of rotatable bonds is 7. The summed E-state index contributed by atoms with van der Waals surface area (Å²) >= 11 is 5.33. The predicted octanol–water partition coefficient (Wildman–Crippen LogP) is 3.98. The molecule has 0 bridgehead atoms. The maximum Gasteiger partial charge on any atom is 0.0550 e.